The van der Waals surface area contributed by atoms with Gasteiger partial charge in [-0.3, -0.25) is 43.1 Å². The number of carbonyl (C=O) groups is 1. The maximum Gasteiger partial charge on any atom is 0.435 e. The van der Waals surface area contributed by atoms with Gasteiger partial charge in [0.2, 0.25) is 29.7 Å². The Kier molecular flexibility index (Phi) is 32.3. The Morgan fingerprint density at radius 1 is 0.452 bits per heavy atom. The third-order valence-electron chi connectivity index (χ3n) is 21.0. The van der Waals surface area contributed by atoms with Crippen LogP contribution in [-0.2, 0) is 55.3 Å². The monoisotopic (exact) mass is 1920 g/mol. The van der Waals surface area contributed by atoms with Gasteiger partial charge in [-0.25, -0.2) is 71.0 Å². The molecule has 0 saturated carbocycles. The van der Waals surface area contributed by atoms with E-state index < -0.39 is 92.7 Å². The number of piperazine rings is 4. The molecule has 17 rings (SSSR count). The van der Waals surface area contributed by atoms with Crippen LogP contribution in [0.15, 0.2) is 186 Å². The van der Waals surface area contributed by atoms with Crippen molar-refractivity contribution in [2.45, 2.75) is 96.7 Å². The summed E-state index contributed by atoms with van der Waals surface area (Å²) >= 11 is 5.87. The van der Waals surface area contributed by atoms with Crippen molar-refractivity contribution in [3.05, 3.63) is 277 Å². The first kappa shape index (κ1) is 99.4. The zero-order valence-electron chi connectivity index (χ0n) is 72.6. The van der Waals surface area contributed by atoms with Gasteiger partial charge >= 0.3 is 64.5 Å². The molecule has 4 aromatic carbocycles. The van der Waals surface area contributed by atoms with Crippen LogP contribution >= 0.6 is 11.6 Å². The zero-order chi connectivity index (χ0) is 97.1. The fourth-order valence-corrected chi connectivity index (χ4v) is 14.1. The molecule has 0 spiro atoms. The molecular weight excluding hydrogens is 1830 g/mol. The normalized spacial score (nSPS) is 15.3. The van der Waals surface area contributed by atoms with Crippen LogP contribution in [-0.4, -0.2) is 242 Å². The lowest BCUT2D eigenvalue weighted by Crippen LogP contribution is -2.51. The van der Waals surface area contributed by atoms with Gasteiger partial charge in [0.15, 0.2) is 17.1 Å². The van der Waals surface area contributed by atoms with Gasteiger partial charge in [0.1, 0.15) is 55.4 Å². The first-order valence-electron chi connectivity index (χ1n) is 41.8. The summed E-state index contributed by atoms with van der Waals surface area (Å²) in [6.45, 7) is 18.0. The van der Waals surface area contributed by atoms with Gasteiger partial charge in [-0.15, -0.1) is 0 Å². The Morgan fingerprint density at radius 3 is 1.30 bits per heavy atom. The number of alkyl halides is 9. The van der Waals surface area contributed by atoms with Gasteiger partial charge < -0.3 is 54.4 Å². The van der Waals surface area contributed by atoms with Crippen molar-refractivity contribution in [1.82, 2.24) is 113 Å². The molecule has 5 fully saturated rings. The molecular formula is C82H91ClF12N30O10. The number of hydrogen-bond donors (Lipinski definition) is 6. The molecule has 5 aliphatic rings. The Labute approximate surface area is 761 Å². The quantitative estimate of drug-likeness (QED) is 0.0648. The summed E-state index contributed by atoms with van der Waals surface area (Å²) in [4.78, 5) is 151. The van der Waals surface area contributed by atoms with Crippen LogP contribution in [0, 0.1) is 17.5 Å². The number of carbonyl (C=O) groups excluding carboxylic acids is 1. The number of H-pyrrole nitrogens is 4. The van der Waals surface area contributed by atoms with Gasteiger partial charge in [-0.05, 0) is 143 Å². The zero-order valence-corrected chi connectivity index (χ0v) is 73.4. The predicted molar refractivity (Wildman–Crippen MR) is 467 cm³/mol. The number of ether oxygens (including phenoxy) is 1. The van der Waals surface area contributed by atoms with Crippen molar-refractivity contribution < 1.29 is 67.3 Å². The lowest BCUT2D eigenvalue weighted by atomic mass is 9.84. The number of hydrogen-bond acceptors (Lipinski definition) is 29. The number of nitrogens with one attached hydrogen (secondary N) is 5. The largest absolute Gasteiger partial charge is 0.444 e. The van der Waals surface area contributed by atoms with Crippen LogP contribution in [0.3, 0.4) is 0 Å². The molecule has 0 atom stereocenters. The average molecular weight is 1920 g/mol. The molecule has 0 bridgehead atoms. The van der Waals surface area contributed by atoms with Crippen LogP contribution in [0.25, 0.3) is 0 Å². The standard InChI is InChI=1S/C20H19ClFN5O2.C17H22F3N7O3.C14H15FN4O2.C13H14FN5O2.C12H14F3N7O.C6H7F3N2/c21-15-3-1-14(2-4-15)13-27-19(28)23-18(24-20(27)29)26-11-9-25(10-12-26)17-7-5-16(22)6-8-17;1-16(2,3)30-15(29)25-8-6-24(7-9-25)13-21-10-26(14(28)22-13)11-27-5-4-12(23-27)17(18,19)20;15-11-3-1-10(2-4-11)14(21)5-7-19(8-6-14)12-16-9-17-13(20)18-12;14-9-1-3-10(4-2-9)18-5-7-19(8-6-18)11-15-12(20)17-13(21)16-11;13-12(14,15)9-1-4-22(19-9)8-21-7-17-10(18-11(21)23)20-5-2-16-3-6-20;1-2-11-4-3-5(10-11)6(7,8)9/h1-8H,9-13H2,(H,23,24,28,29);4-5,10H,6-9,11H2,1-3H3;1-4,9,21H,5-8H2,(H,16,17,18,20);1-4H,5-8H2,(H2,15,16,17,20,21);1,4,7,16H,2-3,5-6,8H2;3-4H,2H2,1H3. The molecule has 0 aliphatic carbocycles. The Hall–Kier alpha value is -14.6. The molecule has 6 N–H and O–H groups in total. The fraction of sp³-hybridized carbons (Fsp3) is 0.402. The predicted octanol–water partition coefficient (Wildman–Crippen LogP) is 5.92. The molecule has 1 amide bonds. The third-order valence-corrected chi connectivity index (χ3v) is 21.3. The van der Waals surface area contributed by atoms with Crippen LogP contribution in [0.2, 0.25) is 5.02 Å². The highest BCUT2D eigenvalue weighted by atomic mass is 35.5. The van der Waals surface area contributed by atoms with Crippen molar-refractivity contribution >= 4 is 58.8 Å². The van der Waals surface area contributed by atoms with E-state index in [1.165, 1.54) is 66.3 Å². The van der Waals surface area contributed by atoms with E-state index in [0.717, 1.165) is 83.7 Å². The molecule has 8 aromatic heterocycles. The van der Waals surface area contributed by atoms with Crippen LogP contribution in [0.5, 0.6) is 0 Å². The van der Waals surface area contributed by atoms with Crippen LogP contribution in [0.1, 0.15) is 68.7 Å². The van der Waals surface area contributed by atoms with E-state index in [1.807, 2.05) is 24.6 Å². The topological polar surface area (TPSA) is 438 Å². The van der Waals surface area contributed by atoms with Gasteiger partial charge in [0.25, 0.3) is 0 Å². The van der Waals surface area contributed by atoms with Gasteiger partial charge in [0.05, 0.1) is 12.1 Å². The van der Waals surface area contributed by atoms with E-state index in [0.29, 0.717) is 147 Å². The van der Waals surface area contributed by atoms with E-state index >= 15 is 0 Å². The molecule has 40 nitrogen and oxygen atoms in total. The number of halogens is 13. The fourth-order valence-electron chi connectivity index (χ4n) is 13.9. The van der Waals surface area contributed by atoms with Gasteiger partial charge in [-0.1, -0.05) is 35.9 Å². The number of benzene rings is 4. The Balaban J connectivity index is 0.000000148. The molecule has 5 saturated heterocycles. The average Bonchev–Trinajstić information content (AvgIpc) is 1.79. The molecule has 0 unspecified atom stereocenters. The van der Waals surface area contributed by atoms with E-state index in [1.54, 1.807) is 98.2 Å². The van der Waals surface area contributed by atoms with Gasteiger partial charge in [0, 0.05) is 159 Å². The van der Waals surface area contributed by atoms with Crippen LogP contribution < -0.4 is 79.4 Å². The molecule has 12 aromatic rings. The van der Waals surface area contributed by atoms with Crippen molar-refractivity contribution in [2.75, 3.05) is 152 Å². The Morgan fingerprint density at radius 2 is 0.881 bits per heavy atom. The molecule has 135 heavy (non-hydrogen) atoms. The van der Waals surface area contributed by atoms with Crippen molar-refractivity contribution in [1.29, 1.82) is 0 Å². The minimum Gasteiger partial charge on any atom is -0.444 e. The second-order valence-electron chi connectivity index (χ2n) is 31.6. The molecule has 720 valence electrons. The number of piperidine rings is 1. The smallest absolute Gasteiger partial charge is 0.435 e. The maximum atomic E-state index is 13.1. The highest BCUT2D eigenvalue weighted by Gasteiger charge is 2.38. The summed E-state index contributed by atoms with van der Waals surface area (Å²) in [5.74, 6) is 0.667. The minimum atomic E-state index is -4.56. The number of aromatic nitrogens is 21. The number of rotatable bonds is 15. The summed E-state index contributed by atoms with van der Waals surface area (Å²) in [6, 6.07) is 28.2. The number of aryl methyl sites for hydroxylation is 1. The lowest BCUT2D eigenvalue weighted by Gasteiger charge is -2.38. The lowest BCUT2D eigenvalue weighted by molar-refractivity contribution is -0.142. The van der Waals surface area contributed by atoms with E-state index in [2.05, 4.69) is 85.2 Å². The number of nitrogens with zero attached hydrogens (tertiary/aromatic N) is 25. The van der Waals surface area contributed by atoms with E-state index in [-0.39, 0.29) is 55.2 Å². The third kappa shape index (κ3) is 28.2. The second kappa shape index (κ2) is 43.8. The van der Waals surface area contributed by atoms with Gasteiger partial charge in [-0.2, -0.15) is 79.7 Å². The minimum absolute atomic E-state index is 0.122. The first-order valence-corrected chi connectivity index (χ1v) is 42.1. The molecule has 13 heterocycles. The Bertz CT molecular complexity index is 6310. The number of amides is 1. The van der Waals surface area contributed by atoms with Crippen molar-refractivity contribution in [2.24, 2.45) is 0 Å². The van der Waals surface area contributed by atoms with Crippen molar-refractivity contribution in [3.63, 3.8) is 0 Å². The van der Waals surface area contributed by atoms with E-state index in [4.69, 9.17) is 16.3 Å². The van der Waals surface area contributed by atoms with Crippen molar-refractivity contribution in [3.8, 4) is 0 Å². The summed E-state index contributed by atoms with van der Waals surface area (Å²) in [5, 5.41) is 24.5. The molecule has 0 radical (unpaired) electrons. The summed E-state index contributed by atoms with van der Waals surface area (Å²) in [5.41, 5.74) is -5.10. The van der Waals surface area contributed by atoms with Crippen LogP contribution in [0.4, 0.5) is 98.6 Å². The highest BCUT2D eigenvalue weighted by molar-refractivity contribution is 6.30. The number of anilines is 7. The number of aromatic amines is 4. The second-order valence-corrected chi connectivity index (χ2v) is 32.0. The first-order chi connectivity index (χ1) is 64.1. The summed E-state index contributed by atoms with van der Waals surface area (Å²) < 4.78 is 162. The number of aliphatic hydroxyl groups is 1. The highest BCUT2D eigenvalue weighted by Crippen LogP contribution is 2.35. The molecule has 5 aliphatic heterocycles. The SMILES string of the molecule is CC(C)(C)OC(=O)N1CCN(c2ncn(Cn3ccc(C(F)(F)F)n3)c(=O)n2)CC1.CCn1ccc(C(F)(F)F)n1.O=c1nc(N2CCN(c3ccc(F)cc3)CC2)[nH]c(=O)[nH]1.O=c1nc(N2CCN(c3ccc(F)cc3)CC2)[nH]c(=O)n1Cc1ccc(Cl)cc1.O=c1nc(N2CCNCC2)ncn1Cn1ccc(C(F)(F)F)n1.O=c1ncnc(N2CCC(O)(c3ccc(F)cc3)CC2)[nH]1. The summed E-state index contributed by atoms with van der Waals surface area (Å²) in [7, 11) is 0. The molecule has 53 heteroatoms. The summed E-state index contributed by atoms with van der Waals surface area (Å²) in [6.07, 6.45) is -5.57. The van der Waals surface area contributed by atoms with E-state index in [9.17, 15) is 96.1 Å². The maximum absolute atomic E-state index is 13.1.